The summed E-state index contributed by atoms with van der Waals surface area (Å²) in [5, 5.41) is 39.3. The number of aliphatic hydroxyl groups is 3. The molecule has 81 heavy (non-hydrogen) atoms. The van der Waals surface area contributed by atoms with Crippen molar-refractivity contribution < 1.29 is 80.8 Å². The Labute approximate surface area is 478 Å². The van der Waals surface area contributed by atoms with Gasteiger partial charge in [0.05, 0.1) is 52.2 Å². The zero-order chi connectivity index (χ0) is 59.9. The van der Waals surface area contributed by atoms with E-state index in [-0.39, 0.29) is 57.6 Å². The highest BCUT2D eigenvalue weighted by Crippen LogP contribution is 2.68. The van der Waals surface area contributed by atoms with Crippen LogP contribution in [-0.4, -0.2) is 179 Å². The van der Waals surface area contributed by atoms with E-state index in [9.17, 15) is 29.7 Å². The van der Waals surface area contributed by atoms with E-state index in [4.69, 9.17) is 63.7 Å². The molecule has 0 unspecified atom stereocenters. The van der Waals surface area contributed by atoms with Gasteiger partial charge in [-0.1, -0.05) is 78.0 Å². The minimum Gasteiger partial charge on any atom is -0.497 e. The van der Waals surface area contributed by atoms with E-state index in [0.29, 0.717) is 18.9 Å². The fourth-order valence-electron chi connectivity index (χ4n) is 15.7. The zero-order valence-corrected chi connectivity index (χ0v) is 48.8. The van der Waals surface area contributed by atoms with E-state index in [1.165, 1.54) is 12.5 Å². The van der Waals surface area contributed by atoms with Crippen molar-refractivity contribution in [3.05, 3.63) is 71.8 Å². The molecule has 6 heterocycles. The van der Waals surface area contributed by atoms with Gasteiger partial charge in [-0.25, -0.2) is 9.59 Å². The second-order valence-corrected chi connectivity index (χ2v) is 23.1. The first-order chi connectivity index (χ1) is 38.1. The molecular formula is C56H81BClF6N6O11. The van der Waals surface area contributed by atoms with Crippen LogP contribution in [0.5, 0.6) is 11.5 Å². The van der Waals surface area contributed by atoms with Gasteiger partial charge in [0.25, 0.3) is 0 Å². The number of esters is 1. The number of likely N-dealkylation sites (N-methyl/N-ethyl adjacent to an activating group) is 2. The molecule has 25 heteroatoms. The standard InChI is InChI=1S/C29H41N3O6.C22H31N3O3.C5H9ClO2.B.3F2/c1-7-27-11-8-13-32-14-12-28(23(27)32)21-10-9-20(36-6)15-22(21)31(5)24(28)29(35,25(27)38-19(4)33)17-30-26(34)37-16-18(2)3;1-4-20-8-5-10-25-11-9-21(17(20)25)15-7-6-14(28-3)12-16(15)24(2)18(21)22(27,13-23)19(20)26;1-4(2)3-8-5(6)7;;3*1-2/h8-11,15,18,23-25,35H,7,12-14,16-17H2,1-6H3,(H,30,34);5-8,12,17-19,26-27H,4,9-11,13,23H2,1-3H3;4H,3H2,1-2H3;;;;/t23-,24+,25+,27+,28+,29-;17-,18+,19+,20+,21+,22-;;;;;/m00...../s1. The minimum atomic E-state index is -1.62. The van der Waals surface area contributed by atoms with Gasteiger partial charge in [-0.3, -0.25) is 14.6 Å². The van der Waals surface area contributed by atoms with Gasteiger partial charge in [-0.05, 0) is 73.9 Å². The number of nitrogens with one attached hydrogen (secondary N) is 1. The number of hydrogen-bond donors (Lipinski definition) is 5. The summed E-state index contributed by atoms with van der Waals surface area (Å²) in [5.41, 5.74) is 5.04. The van der Waals surface area contributed by atoms with Gasteiger partial charge in [0, 0.05) is 145 Å². The smallest absolute Gasteiger partial charge is 0.407 e. The molecule has 0 aromatic heterocycles. The number of alkyl carbamates (subject to hydrolysis) is 1. The highest BCUT2D eigenvalue weighted by atomic mass is 35.5. The van der Waals surface area contributed by atoms with Gasteiger partial charge in [0.2, 0.25) is 0 Å². The summed E-state index contributed by atoms with van der Waals surface area (Å²) in [4.78, 5) is 44.4. The molecule has 453 valence electrons. The van der Waals surface area contributed by atoms with E-state index < -0.39 is 63.2 Å². The van der Waals surface area contributed by atoms with Crippen molar-refractivity contribution in [1.82, 2.24) is 15.1 Å². The fraction of sp³-hybridized carbons (Fsp3) is 0.661. The van der Waals surface area contributed by atoms with Gasteiger partial charge < -0.3 is 59.9 Å². The predicted octanol–water partition coefficient (Wildman–Crippen LogP) is 7.86. The Morgan fingerprint density at radius 2 is 1.16 bits per heavy atom. The van der Waals surface area contributed by atoms with Gasteiger partial charge in [0.1, 0.15) is 28.8 Å². The molecule has 8 aliphatic rings. The van der Waals surface area contributed by atoms with Crippen LogP contribution in [0.15, 0.2) is 60.7 Å². The van der Waals surface area contributed by atoms with Crippen LogP contribution < -0.4 is 30.3 Å². The molecule has 0 bridgehead atoms. The maximum absolute atomic E-state index is 12.9. The second kappa shape index (κ2) is 27.6. The highest BCUT2D eigenvalue weighted by molar-refractivity contribution is 6.61. The SMILES string of the molecule is CC(C)COC(=O)Cl.CC[C@]12C=CCN3CC[C@@]4(c5ccc(OC)cc5N(C)[C@H]4[C@@](O)(CN)[C@@H]1O)[C@@H]32.CC[C@]12C=CCN3CC[C@@]4(c5ccc(OC)cc5N(C)[C@H]4[C@@](O)(CNC(=O)OCC(C)C)[C@@H]1OC(C)=O)[C@@H]32.FF.FF.FF.[B]. The molecule has 10 rings (SSSR count). The summed E-state index contributed by atoms with van der Waals surface area (Å²) >= 11 is 4.86. The van der Waals surface area contributed by atoms with Gasteiger partial charge in [0.15, 0.2) is 0 Å². The number of aliphatic hydroxyl groups excluding tert-OH is 1. The Kier molecular flexibility index (Phi) is 23.4. The summed E-state index contributed by atoms with van der Waals surface area (Å²) in [7, 11) is 7.32. The molecule has 6 N–H and O–H groups in total. The van der Waals surface area contributed by atoms with Gasteiger partial charge in [-0.2, -0.15) is 0 Å². The summed E-state index contributed by atoms with van der Waals surface area (Å²) in [6.45, 7) is 17.5. The zero-order valence-electron chi connectivity index (χ0n) is 48.1. The van der Waals surface area contributed by atoms with Crippen LogP contribution >= 0.6 is 11.6 Å². The third-order valence-electron chi connectivity index (χ3n) is 18.1. The minimum absolute atomic E-state index is 0. The molecule has 4 fully saturated rings. The summed E-state index contributed by atoms with van der Waals surface area (Å²) in [6, 6.07) is 11.8. The third-order valence-corrected chi connectivity index (χ3v) is 18.2. The van der Waals surface area contributed by atoms with Crippen molar-refractivity contribution in [2.45, 2.75) is 133 Å². The maximum Gasteiger partial charge on any atom is 0.407 e. The summed E-state index contributed by atoms with van der Waals surface area (Å²) < 4.78 is 75.0. The molecule has 17 nitrogen and oxygen atoms in total. The number of nitrogens with zero attached hydrogens (tertiary/aromatic N) is 4. The number of fused-ring (bicyclic) bond motifs is 2. The number of rotatable bonds is 12. The molecule has 2 saturated heterocycles. The van der Waals surface area contributed by atoms with Crippen LogP contribution in [-0.2, 0) is 29.8 Å². The summed E-state index contributed by atoms with van der Waals surface area (Å²) in [5.74, 6) is 1.62. The van der Waals surface area contributed by atoms with Crippen molar-refractivity contribution in [2.24, 2.45) is 28.4 Å². The number of ether oxygens (including phenoxy) is 5. The number of amides is 1. The van der Waals surface area contributed by atoms with Crippen LogP contribution in [0.3, 0.4) is 0 Å². The van der Waals surface area contributed by atoms with Crippen LogP contribution in [0.4, 0.5) is 48.4 Å². The van der Waals surface area contributed by atoms with Crippen molar-refractivity contribution in [3.8, 4) is 11.5 Å². The first-order valence-corrected chi connectivity index (χ1v) is 27.3. The van der Waals surface area contributed by atoms with Crippen molar-refractivity contribution in [2.75, 3.05) is 90.6 Å². The first-order valence-electron chi connectivity index (χ1n) is 26.9. The Morgan fingerprint density at radius 3 is 1.56 bits per heavy atom. The first kappa shape index (κ1) is 68.5. The molecule has 2 saturated carbocycles. The van der Waals surface area contributed by atoms with Crippen molar-refractivity contribution in [1.29, 1.82) is 0 Å². The third kappa shape index (κ3) is 11.3. The van der Waals surface area contributed by atoms with E-state index in [0.717, 1.165) is 73.9 Å². The number of anilines is 2. The topological polar surface area (TPSA) is 209 Å². The second-order valence-electron chi connectivity index (χ2n) is 22.8. The Morgan fingerprint density at radius 1 is 0.728 bits per heavy atom. The molecule has 1 amide bonds. The lowest BCUT2D eigenvalue weighted by molar-refractivity contribution is -0.217. The molecule has 6 aliphatic heterocycles. The molecule has 2 aromatic carbocycles. The number of carbonyl (C=O) groups excluding carboxylic acids is 3. The predicted molar refractivity (Wildman–Crippen MR) is 297 cm³/mol. The monoisotopic (exact) mass is 1170 g/mol. The largest absolute Gasteiger partial charge is 0.497 e. The average molecular weight is 1170 g/mol. The number of carbonyl (C=O) groups is 3. The molecular weight excluding hydrogens is 1090 g/mol. The lowest BCUT2D eigenvalue weighted by atomic mass is 9.47. The van der Waals surface area contributed by atoms with Crippen LogP contribution in [0.25, 0.3) is 0 Å². The quantitative estimate of drug-likeness (QED) is 0.0342. The molecule has 12 atom stereocenters. The average Bonchev–Trinajstić information content (AvgIpc) is 2.62. The lowest BCUT2D eigenvalue weighted by Gasteiger charge is -2.64. The number of hydrogen-bond acceptors (Lipinski definition) is 16. The number of benzene rings is 2. The Hall–Kier alpha value is -4.98. The molecule has 2 spiro atoms. The van der Waals surface area contributed by atoms with Gasteiger partial charge >= 0.3 is 17.5 Å². The summed E-state index contributed by atoms with van der Waals surface area (Å²) in [6.07, 6.45) is 9.43. The van der Waals surface area contributed by atoms with Crippen LogP contribution in [0.2, 0.25) is 0 Å². The van der Waals surface area contributed by atoms with E-state index in [1.54, 1.807) is 14.2 Å². The lowest BCUT2D eigenvalue weighted by Crippen LogP contribution is -2.81. The molecule has 3 radical (unpaired) electrons. The number of nitrogens with two attached hydrogens (primary N) is 1. The number of methoxy groups -OCH3 is 2. The highest BCUT2D eigenvalue weighted by Gasteiger charge is 2.79. The Balaban J connectivity index is 0.000000288. The van der Waals surface area contributed by atoms with E-state index in [2.05, 4.69) is 86.0 Å². The number of halogens is 7. The van der Waals surface area contributed by atoms with Crippen molar-refractivity contribution in [3.63, 3.8) is 0 Å². The van der Waals surface area contributed by atoms with Crippen LogP contribution in [0, 0.1) is 22.7 Å². The fourth-order valence-corrected chi connectivity index (χ4v) is 15.8. The van der Waals surface area contributed by atoms with Crippen molar-refractivity contribution >= 4 is 48.9 Å². The maximum atomic E-state index is 12.9. The Bertz CT molecular complexity index is 2530. The molecule has 2 aliphatic carbocycles. The normalized spacial score (nSPS) is 32.6. The van der Waals surface area contributed by atoms with Gasteiger partial charge in [-0.15, -0.1) is 0 Å². The van der Waals surface area contributed by atoms with Crippen LogP contribution in [0.1, 0.15) is 85.3 Å². The molecule has 2 aromatic rings. The van der Waals surface area contributed by atoms with E-state index in [1.807, 2.05) is 60.0 Å². The van der Waals surface area contributed by atoms with E-state index >= 15 is 0 Å².